The molecule has 0 radical (unpaired) electrons. The van der Waals surface area contributed by atoms with Crippen molar-refractivity contribution in [2.75, 3.05) is 26.2 Å². The molecule has 1 aliphatic heterocycles. The van der Waals surface area contributed by atoms with Gasteiger partial charge in [0.15, 0.2) is 0 Å². The normalized spacial score (nSPS) is 17.0. The maximum Gasteiger partial charge on any atom is 0.272 e. The molecule has 0 spiro atoms. The molecule has 1 saturated heterocycles. The van der Waals surface area contributed by atoms with Crippen LogP contribution < -0.4 is 0 Å². The lowest BCUT2D eigenvalue weighted by molar-refractivity contribution is -0.385. The largest absolute Gasteiger partial charge is 0.335 e. The lowest BCUT2D eigenvalue weighted by atomic mass is 10.2. The zero-order valence-corrected chi connectivity index (χ0v) is 19.1. The van der Waals surface area contributed by atoms with Gasteiger partial charge in [-0.2, -0.15) is 9.40 Å². The van der Waals surface area contributed by atoms with Crippen molar-refractivity contribution in [2.45, 2.75) is 23.7 Å². The Labute approximate surface area is 196 Å². The van der Waals surface area contributed by atoms with Gasteiger partial charge in [0.05, 0.1) is 21.2 Å². The second kappa shape index (κ2) is 8.65. The summed E-state index contributed by atoms with van der Waals surface area (Å²) in [6.07, 6.45) is 2.13. The number of nitro benzene ring substituents is 1. The van der Waals surface area contributed by atoms with Gasteiger partial charge in [0.25, 0.3) is 11.6 Å². The zero-order valence-electron chi connectivity index (χ0n) is 18.3. The summed E-state index contributed by atoms with van der Waals surface area (Å²) in [6.45, 7) is 0.634. The molecule has 0 unspecified atom stereocenters. The van der Waals surface area contributed by atoms with Gasteiger partial charge in [-0.15, -0.1) is 0 Å². The predicted molar refractivity (Wildman–Crippen MR) is 123 cm³/mol. The number of carbonyl (C=O) groups excluding carboxylic acids is 1. The average molecular weight is 482 g/mol. The highest BCUT2D eigenvalue weighted by Crippen LogP contribution is 2.40. The molecule has 0 N–H and O–H groups in total. The van der Waals surface area contributed by atoms with Gasteiger partial charge in [-0.05, 0) is 37.1 Å². The number of aromatic nitrogens is 2. The van der Waals surface area contributed by atoms with Crippen molar-refractivity contribution in [1.82, 2.24) is 19.0 Å². The van der Waals surface area contributed by atoms with Crippen molar-refractivity contribution < 1.29 is 18.1 Å². The first kappa shape index (κ1) is 22.2. The fraction of sp³-hybridized carbons (Fsp3) is 0.304. The van der Waals surface area contributed by atoms with Crippen molar-refractivity contribution in [2.24, 2.45) is 0 Å². The van der Waals surface area contributed by atoms with E-state index in [9.17, 15) is 23.3 Å². The lowest BCUT2D eigenvalue weighted by Crippen LogP contribution is -2.50. The standard InChI is InChI=1S/C23H23N5O5S/c29-23(22-16-21(17-9-10-17)24-27(22)18-5-2-1-3-6-18)25-11-13-26(14-12-25)34(32,33)20-8-4-7-19(15-20)28(30)31/h1-8,15-17H,9-14H2. The summed E-state index contributed by atoms with van der Waals surface area (Å²) in [7, 11) is -3.91. The molecule has 34 heavy (non-hydrogen) atoms. The number of piperazine rings is 1. The van der Waals surface area contributed by atoms with Gasteiger partial charge in [-0.1, -0.05) is 24.3 Å². The summed E-state index contributed by atoms with van der Waals surface area (Å²) in [6, 6.07) is 16.3. The lowest BCUT2D eigenvalue weighted by Gasteiger charge is -2.34. The molecule has 1 aromatic heterocycles. The molecule has 1 amide bonds. The minimum atomic E-state index is -3.91. The van der Waals surface area contributed by atoms with Crippen LogP contribution in [0.3, 0.4) is 0 Å². The molecule has 11 heteroatoms. The fourth-order valence-electron chi connectivity index (χ4n) is 4.10. The molecule has 1 aliphatic carbocycles. The topological polar surface area (TPSA) is 119 Å². The Morgan fingerprint density at radius 1 is 0.971 bits per heavy atom. The van der Waals surface area contributed by atoms with Gasteiger partial charge in [-0.3, -0.25) is 14.9 Å². The van der Waals surface area contributed by atoms with Crippen LogP contribution in [-0.4, -0.2) is 64.4 Å². The van der Waals surface area contributed by atoms with Gasteiger partial charge in [0.1, 0.15) is 5.69 Å². The van der Waals surface area contributed by atoms with Crippen LogP contribution >= 0.6 is 0 Å². The Morgan fingerprint density at radius 3 is 2.32 bits per heavy atom. The molecule has 2 aromatic carbocycles. The number of amides is 1. The van der Waals surface area contributed by atoms with E-state index in [1.165, 1.54) is 22.5 Å². The van der Waals surface area contributed by atoms with E-state index in [-0.39, 0.29) is 42.7 Å². The van der Waals surface area contributed by atoms with Crippen LogP contribution in [0.15, 0.2) is 65.6 Å². The van der Waals surface area contributed by atoms with Gasteiger partial charge < -0.3 is 4.90 Å². The van der Waals surface area contributed by atoms with E-state index in [2.05, 4.69) is 5.10 Å². The van der Waals surface area contributed by atoms with E-state index in [0.717, 1.165) is 30.3 Å². The van der Waals surface area contributed by atoms with Crippen LogP contribution in [0.1, 0.15) is 34.9 Å². The van der Waals surface area contributed by atoms with Crippen molar-refractivity contribution in [3.05, 3.63) is 82.2 Å². The van der Waals surface area contributed by atoms with Crippen molar-refractivity contribution >= 4 is 21.6 Å². The first-order valence-corrected chi connectivity index (χ1v) is 12.5. The highest BCUT2D eigenvalue weighted by atomic mass is 32.2. The maximum absolute atomic E-state index is 13.4. The second-order valence-electron chi connectivity index (χ2n) is 8.43. The summed E-state index contributed by atoms with van der Waals surface area (Å²) >= 11 is 0. The summed E-state index contributed by atoms with van der Waals surface area (Å²) in [5.74, 6) is 0.184. The number of sulfonamides is 1. The minimum absolute atomic E-state index is 0.103. The van der Waals surface area contributed by atoms with Gasteiger partial charge in [0, 0.05) is 44.2 Å². The summed E-state index contributed by atoms with van der Waals surface area (Å²) in [5, 5.41) is 15.7. The number of para-hydroxylation sites is 1. The van der Waals surface area contributed by atoms with E-state index in [1.807, 2.05) is 36.4 Å². The fourth-order valence-corrected chi connectivity index (χ4v) is 5.56. The first-order chi connectivity index (χ1) is 16.3. The maximum atomic E-state index is 13.4. The highest BCUT2D eigenvalue weighted by molar-refractivity contribution is 7.89. The smallest absolute Gasteiger partial charge is 0.272 e. The molecular weight excluding hydrogens is 458 g/mol. The van der Waals surface area contributed by atoms with E-state index in [1.54, 1.807) is 9.58 Å². The number of benzene rings is 2. The average Bonchev–Trinajstić information content (AvgIpc) is 3.62. The van der Waals surface area contributed by atoms with Crippen LogP contribution in [0.25, 0.3) is 5.69 Å². The predicted octanol–water partition coefficient (Wildman–Crippen LogP) is 2.80. The second-order valence-corrected chi connectivity index (χ2v) is 10.4. The molecule has 3 aromatic rings. The molecule has 2 aliphatic rings. The molecule has 5 rings (SSSR count). The van der Waals surface area contributed by atoms with Crippen LogP contribution in [0.2, 0.25) is 0 Å². The third-order valence-electron chi connectivity index (χ3n) is 6.14. The molecular formula is C23H23N5O5S. The molecule has 10 nitrogen and oxygen atoms in total. The van der Waals surface area contributed by atoms with Gasteiger partial charge in [0.2, 0.25) is 10.0 Å². The Balaban J connectivity index is 1.34. The summed E-state index contributed by atoms with van der Waals surface area (Å²) in [4.78, 5) is 25.3. The third-order valence-corrected chi connectivity index (χ3v) is 8.03. The molecule has 0 bridgehead atoms. The van der Waals surface area contributed by atoms with Crippen LogP contribution in [0.4, 0.5) is 5.69 Å². The number of non-ortho nitro benzene ring substituents is 1. The SMILES string of the molecule is O=C(c1cc(C2CC2)nn1-c1ccccc1)N1CCN(S(=O)(=O)c2cccc([N+](=O)[O-])c2)CC1. The monoisotopic (exact) mass is 481 g/mol. The van der Waals surface area contributed by atoms with Crippen molar-refractivity contribution in [3.8, 4) is 5.69 Å². The molecule has 1 saturated carbocycles. The van der Waals surface area contributed by atoms with E-state index in [0.29, 0.717) is 11.6 Å². The minimum Gasteiger partial charge on any atom is -0.335 e. The molecule has 2 heterocycles. The van der Waals surface area contributed by atoms with E-state index >= 15 is 0 Å². The number of nitro groups is 1. The zero-order chi connectivity index (χ0) is 23.9. The molecule has 0 atom stereocenters. The Hall–Kier alpha value is -3.57. The summed E-state index contributed by atoms with van der Waals surface area (Å²) < 4.78 is 29.0. The van der Waals surface area contributed by atoms with Crippen molar-refractivity contribution in [1.29, 1.82) is 0 Å². The molecule has 2 fully saturated rings. The molecule has 176 valence electrons. The number of carbonyl (C=O) groups is 1. The highest BCUT2D eigenvalue weighted by Gasteiger charge is 2.34. The van der Waals surface area contributed by atoms with Crippen LogP contribution in [0.5, 0.6) is 0 Å². The number of rotatable bonds is 6. The third kappa shape index (κ3) is 4.19. The van der Waals surface area contributed by atoms with Gasteiger partial charge in [-0.25, -0.2) is 13.1 Å². The van der Waals surface area contributed by atoms with Crippen molar-refractivity contribution in [3.63, 3.8) is 0 Å². The van der Waals surface area contributed by atoms with Gasteiger partial charge >= 0.3 is 0 Å². The number of hydrogen-bond acceptors (Lipinski definition) is 6. The Morgan fingerprint density at radius 2 is 1.68 bits per heavy atom. The van der Waals surface area contributed by atoms with E-state index in [4.69, 9.17) is 0 Å². The quantitative estimate of drug-likeness (QED) is 0.395. The van der Waals surface area contributed by atoms with Crippen LogP contribution in [-0.2, 0) is 10.0 Å². The number of nitrogens with zero attached hydrogens (tertiary/aromatic N) is 5. The summed E-state index contributed by atoms with van der Waals surface area (Å²) in [5.41, 5.74) is 1.88. The first-order valence-electron chi connectivity index (χ1n) is 11.0. The Bertz CT molecular complexity index is 1340. The Kier molecular flexibility index (Phi) is 5.66. The number of hydrogen-bond donors (Lipinski definition) is 0. The van der Waals surface area contributed by atoms with E-state index < -0.39 is 14.9 Å². The van der Waals surface area contributed by atoms with Crippen LogP contribution in [0, 0.1) is 10.1 Å².